The summed E-state index contributed by atoms with van der Waals surface area (Å²) in [6.07, 6.45) is -4.58. The van der Waals surface area contributed by atoms with Crippen molar-refractivity contribution in [3.63, 3.8) is 0 Å². The van der Waals surface area contributed by atoms with Gasteiger partial charge < -0.3 is 10.6 Å². The maximum absolute atomic E-state index is 13.3. The van der Waals surface area contributed by atoms with Crippen molar-refractivity contribution < 1.29 is 22.8 Å². The summed E-state index contributed by atoms with van der Waals surface area (Å²) < 4.78 is 40.8. The largest absolute Gasteiger partial charge is 0.418 e. The van der Waals surface area contributed by atoms with Crippen molar-refractivity contribution in [3.05, 3.63) is 73.1 Å². The minimum atomic E-state index is -4.65. The van der Waals surface area contributed by atoms with Gasteiger partial charge in [0.1, 0.15) is 0 Å². The van der Waals surface area contributed by atoms with Gasteiger partial charge in [-0.3, -0.25) is 9.59 Å². The molecule has 1 aliphatic heterocycles. The molecule has 0 radical (unpaired) electrons. The fraction of sp³-hybridized carbons (Fsp3) is 0.190. The molecule has 11 heteroatoms. The molecular formula is C21H14Br2F3N3O2S. The van der Waals surface area contributed by atoms with E-state index in [0.29, 0.717) is 5.57 Å². The topological polar surface area (TPSA) is 82.0 Å². The SMILES string of the molecule is N#CC1=C(SCC(=O)Nc2ccc(Br)cc2C(F)(F)F)NC(=O)C[C@@H]1c1cccc(Br)c1. The molecule has 2 amide bonds. The van der Waals surface area contributed by atoms with Gasteiger partial charge in [0.05, 0.1) is 33.7 Å². The third-order valence-corrected chi connectivity index (χ3v) is 6.52. The van der Waals surface area contributed by atoms with E-state index >= 15 is 0 Å². The van der Waals surface area contributed by atoms with E-state index in [1.54, 1.807) is 12.1 Å². The van der Waals surface area contributed by atoms with Crippen LogP contribution in [0.1, 0.15) is 23.5 Å². The second kappa shape index (κ2) is 10.1. The Morgan fingerprint density at radius 2 is 1.94 bits per heavy atom. The normalized spacial score (nSPS) is 16.4. The number of allylic oxidation sites excluding steroid dienone is 1. The molecule has 0 aliphatic carbocycles. The average Bonchev–Trinajstić information content (AvgIpc) is 2.72. The van der Waals surface area contributed by atoms with Crippen LogP contribution in [-0.2, 0) is 15.8 Å². The van der Waals surface area contributed by atoms with Crippen LogP contribution in [0.15, 0.2) is 62.0 Å². The minimum Gasteiger partial charge on any atom is -0.325 e. The van der Waals surface area contributed by atoms with Crippen LogP contribution in [0.25, 0.3) is 0 Å². The molecule has 0 unspecified atom stereocenters. The first-order valence-corrected chi connectivity index (χ1v) is 11.6. The molecule has 32 heavy (non-hydrogen) atoms. The number of carbonyl (C=O) groups excluding carboxylic acids is 2. The number of halogens is 5. The summed E-state index contributed by atoms with van der Waals surface area (Å²) in [5, 5.41) is 14.8. The Labute approximate surface area is 202 Å². The van der Waals surface area contributed by atoms with E-state index in [0.717, 1.165) is 33.9 Å². The second-order valence-corrected chi connectivity index (χ2v) is 9.56. The van der Waals surface area contributed by atoms with E-state index in [1.807, 2.05) is 12.1 Å². The zero-order valence-electron chi connectivity index (χ0n) is 16.1. The van der Waals surface area contributed by atoms with E-state index in [-0.39, 0.29) is 33.3 Å². The van der Waals surface area contributed by atoms with Crippen LogP contribution in [0.5, 0.6) is 0 Å². The maximum atomic E-state index is 13.3. The average molecular weight is 589 g/mol. The van der Waals surface area contributed by atoms with Gasteiger partial charge in [0.25, 0.3) is 0 Å². The van der Waals surface area contributed by atoms with Crippen molar-refractivity contribution >= 4 is 61.1 Å². The van der Waals surface area contributed by atoms with Gasteiger partial charge in [0, 0.05) is 21.3 Å². The number of nitrogens with zero attached hydrogens (tertiary/aromatic N) is 1. The lowest BCUT2D eigenvalue weighted by molar-refractivity contribution is -0.137. The van der Waals surface area contributed by atoms with Gasteiger partial charge in [0.2, 0.25) is 11.8 Å². The van der Waals surface area contributed by atoms with Gasteiger partial charge in [0.15, 0.2) is 0 Å². The number of nitrogens with one attached hydrogen (secondary N) is 2. The van der Waals surface area contributed by atoms with Crippen LogP contribution in [-0.4, -0.2) is 17.6 Å². The summed E-state index contributed by atoms with van der Waals surface area (Å²) >= 11 is 7.25. The Morgan fingerprint density at radius 1 is 1.22 bits per heavy atom. The van der Waals surface area contributed by atoms with Crippen LogP contribution in [0.2, 0.25) is 0 Å². The first kappa shape index (κ1) is 24.4. The van der Waals surface area contributed by atoms with Crippen LogP contribution < -0.4 is 10.6 Å². The predicted octanol–water partition coefficient (Wildman–Crippen LogP) is 5.94. The Morgan fingerprint density at radius 3 is 2.59 bits per heavy atom. The number of rotatable bonds is 5. The van der Waals surface area contributed by atoms with E-state index in [9.17, 15) is 28.0 Å². The molecule has 1 atom stereocenters. The van der Waals surface area contributed by atoms with Crippen molar-refractivity contribution in [2.75, 3.05) is 11.1 Å². The molecule has 0 bridgehead atoms. The molecule has 166 valence electrons. The number of anilines is 1. The Kier molecular flexibility index (Phi) is 7.69. The molecule has 0 spiro atoms. The maximum Gasteiger partial charge on any atom is 0.418 e. The summed E-state index contributed by atoms with van der Waals surface area (Å²) in [5.41, 5.74) is -0.304. The lowest BCUT2D eigenvalue weighted by atomic mass is 9.87. The quantitative estimate of drug-likeness (QED) is 0.453. The Bertz CT molecular complexity index is 1150. The van der Waals surface area contributed by atoms with Crippen LogP contribution >= 0.6 is 43.6 Å². The Balaban J connectivity index is 1.79. The highest BCUT2D eigenvalue weighted by molar-refractivity contribution is 9.10. The van der Waals surface area contributed by atoms with Crippen LogP contribution in [0.4, 0.5) is 18.9 Å². The third kappa shape index (κ3) is 5.94. The van der Waals surface area contributed by atoms with E-state index in [1.165, 1.54) is 6.07 Å². The van der Waals surface area contributed by atoms with Crippen molar-refractivity contribution in [1.29, 1.82) is 5.26 Å². The number of hydrogen-bond donors (Lipinski definition) is 2. The first-order chi connectivity index (χ1) is 15.1. The molecule has 1 aliphatic rings. The van der Waals surface area contributed by atoms with E-state index in [2.05, 4.69) is 48.6 Å². The molecule has 3 rings (SSSR count). The van der Waals surface area contributed by atoms with E-state index < -0.39 is 23.6 Å². The molecule has 0 aromatic heterocycles. The summed E-state index contributed by atoms with van der Waals surface area (Å²) in [7, 11) is 0. The predicted molar refractivity (Wildman–Crippen MR) is 123 cm³/mol. The van der Waals surface area contributed by atoms with Gasteiger partial charge >= 0.3 is 6.18 Å². The highest BCUT2D eigenvalue weighted by atomic mass is 79.9. The molecule has 2 aromatic rings. The molecule has 5 nitrogen and oxygen atoms in total. The number of hydrogen-bond acceptors (Lipinski definition) is 4. The number of amides is 2. The van der Waals surface area contributed by atoms with Crippen molar-refractivity contribution in [2.24, 2.45) is 0 Å². The molecule has 1 heterocycles. The number of nitriles is 1. The third-order valence-electron chi connectivity index (χ3n) is 4.52. The fourth-order valence-electron chi connectivity index (χ4n) is 3.13. The Hall–Kier alpha value is -2.29. The minimum absolute atomic E-state index is 0.0729. The summed E-state index contributed by atoms with van der Waals surface area (Å²) in [6, 6.07) is 12.7. The summed E-state index contributed by atoms with van der Waals surface area (Å²) in [6.45, 7) is 0. The van der Waals surface area contributed by atoms with Crippen molar-refractivity contribution in [1.82, 2.24) is 5.32 Å². The zero-order chi connectivity index (χ0) is 23.5. The zero-order valence-corrected chi connectivity index (χ0v) is 20.1. The molecule has 0 saturated heterocycles. The number of alkyl halides is 3. The number of carbonyl (C=O) groups is 2. The van der Waals surface area contributed by atoms with Gasteiger partial charge in [-0.2, -0.15) is 18.4 Å². The number of thioether (sulfide) groups is 1. The van der Waals surface area contributed by atoms with E-state index in [4.69, 9.17) is 0 Å². The standard InChI is InChI=1S/C21H14Br2F3N3O2S/c22-12-3-1-2-11(6-12)14-8-18(30)29-20(15(14)9-27)32-10-19(31)28-17-5-4-13(23)7-16(17)21(24,25)26/h1-7,14H,8,10H2,(H,28,31)(H,29,30)/t14-/m1/s1. The first-order valence-electron chi connectivity index (χ1n) is 9.07. The van der Waals surface area contributed by atoms with Crippen molar-refractivity contribution in [2.45, 2.75) is 18.5 Å². The smallest absolute Gasteiger partial charge is 0.325 e. The monoisotopic (exact) mass is 587 g/mol. The van der Waals surface area contributed by atoms with Gasteiger partial charge in [-0.1, -0.05) is 55.8 Å². The molecule has 2 N–H and O–H groups in total. The molecule has 0 fully saturated rings. The highest BCUT2D eigenvalue weighted by Crippen LogP contribution is 2.38. The molecular weight excluding hydrogens is 575 g/mol. The summed E-state index contributed by atoms with van der Waals surface area (Å²) in [5.74, 6) is -1.80. The lowest BCUT2D eigenvalue weighted by Crippen LogP contribution is -2.31. The van der Waals surface area contributed by atoms with Gasteiger partial charge in [-0.25, -0.2) is 0 Å². The highest BCUT2D eigenvalue weighted by Gasteiger charge is 2.34. The van der Waals surface area contributed by atoms with Crippen LogP contribution in [0, 0.1) is 11.3 Å². The molecule has 2 aromatic carbocycles. The summed E-state index contributed by atoms with van der Waals surface area (Å²) in [4.78, 5) is 24.6. The van der Waals surface area contributed by atoms with Gasteiger partial charge in [-0.05, 0) is 35.9 Å². The molecule has 0 saturated carbocycles. The van der Waals surface area contributed by atoms with Crippen molar-refractivity contribution in [3.8, 4) is 6.07 Å². The lowest BCUT2D eigenvalue weighted by Gasteiger charge is -2.25. The second-order valence-electron chi connectivity index (χ2n) is 6.74. The van der Waals surface area contributed by atoms with Crippen LogP contribution in [0.3, 0.4) is 0 Å². The number of benzene rings is 2. The van der Waals surface area contributed by atoms with Gasteiger partial charge in [-0.15, -0.1) is 0 Å². The fourth-order valence-corrected chi connectivity index (χ4v) is 4.78.